The summed E-state index contributed by atoms with van der Waals surface area (Å²) in [7, 11) is 0. The molecule has 20 heavy (non-hydrogen) atoms. The van der Waals surface area contributed by atoms with Gasteiger partial charge in [-0.1, -0.05) is 18.2 Å². The van der Waals surface area contributed by atoms with Gasteiger partial charge in [0.1, 0.15) is 5.82 Å². The fourth-order valence-electron chi connectivity index (χ4n) is 2.42. The fraction of sp³-hybridized carbons (Fsp3) is 0.438. The Labute approximate surface area is 120 Å². The van der Waals surface area contributed by atoms with Crippen LogP contribution in [0.4, 0.5) is 0 Å². The number of nitrogens with one attached hydrogen (secondary N) is 1. The van der Waals surface area contributed by atoms with E-state index in [1.807, 2.05) is 38.2 Å². The van der Waals surface area contributed by atoms with Crippen LogP contribution in [0.3, 0.4) is 0 Å². The molecule has 0 saturated carbocycles. The third-order valence-electron chi connectivity index (χ3n) is 3.35. The van der Waals surface area contributed by atoms with E-state index in [9.17, 15) is 5.11 Å². The molecule has 2 rings (SSSR count). The first-order chi connectivity index (χ1) is 9.58. The minimum absolute atomic E-state index is 0.273. The van der Waals surface area contributed by atoms with Crippen molar-refractivity contribution in [2.24, 2.45) is 0 Å². The lowest BCUT2D eigenvalue weighted by atomic mass is 10.1. The normalized spacial score (nSPS) is 14.2. The van der Waals surface area contributed by atoms with E-state index in [1.165, 1.54) is 0 Å². The van der Waals surface area contributed by atoms with Crippen LogP contribution < -0.4 is 5.32 Å². The predicted molar refractivity (Wildman–Crippen MR) is 80.9 cm³/mol. The van der Waals surface area contributed by atoms with Crippen molar-refractivity contribution in [1.29, 1.82) is 0 Å². The molecule has 0 aliphatic heterocycles. The third-order valence-corrected chi connectivity index (χ3v) is 3.35. The van der Waals surface area contributed by atoms with Gasteiger partial charge in [-0.15, -0.1) is 0 Å². The molecular weight excluding hydrogens is 250 g/mol. The molecule has 0 aliphatic carbocycles. The molecule has 0 saturated heterocycles. The van der Waals surface area contributed by atoms with Crippen LogP contribution in [0.15, 0.2) is 36.5 Å². The quantitative estimate of drug-likeness (QED) is 0.850. The van der Waals surface area contributed by atoms with Crippen LogP contribution in [0.5, 0.6) is 0 Å². The number of imidazole rings is 1. The van der Waals surface area contributed by atoms with E-state index in [4.69, 9.17) is 0 Å². The number of benzene rings is 1. The molecular formula is C16H23N3O. The van der Waals surface area contributed by atoms with Crippen molar-refractivity contribution in [3.63, 3.8) is 0 Å². The second-order valence-electron chi connectivity index (χ2n) is 5.33. The molecule has 1 aromatic heterocycles. The number of aliphatic hydroxyl groups excluding tert-OH is 1. The van der Waals surface area contributed by atoms with Gasteiger partial charge in [0, 0.05) is 18.3 Å². The molecule has 0 fully saturated rings. The number of hydrogen-bond donors (Lipinski definition) is 2. The monoisotopic (exact) mass is 273 g/mol. The highest BCUT2D eigenvalue weighted by atomic mass is 16.3. The van der Waals surface area contributed by atoms with Crippen molar-refractivity contribution >= 4 is 0 Å². The molecule has 2 N–H and O–H groups in total. The Morgan fingerprint density at radius 2 is 1.95 bits per heavy atom. The van der Waals surface area contributed by atoms with E-state index >= 15 is 0 Å². The maximum Gasteiger partial charge on any atom is 0.110 e. The van der Waals surface area contributed by atoms with Crippen LogP contribution in [0, 0.1) is 6.92 Å². The fourth-order valence-corrected chi connectivity index (χ4v) is 2.42. The zero-order chi connectivity index (χ0) is 14.5. The molecule has 1 aromatic carbocycles. The first-order valence-corrected chi connectivity index (χ1v) is 7.08. The average molecular weight is 273 g/mol. The van der Waals surface area contributed by atoms with Gasteiger partial charge in [0.2, 0.25) is 0 Å². The third kappa shape index (κ3) is 3.68. The van der Waals surface area contributed by atoms with Crippen molar-refractivity contribution in [3.05, 3.63) is 48.0 Å². The van der Waals surface area contributed by atoms with Crippen molar-refractivity contribution < 1.29 is 5.11 Å². The summed E-state index contributed by atoms with van der Waals surface area (Å²) in [5.41, 5.74) is 2.26. The highest BCUT2D eigenvalue weighted by Crippen LogP contribution is 2.14. The van der Waals surface area contributed by atoms with E-state index in [1.54, 1.807) is 0 Å². The minimum Gasteiger partial charge on any atom is -0.393 e. The number of aromatic nitrogens is 2. The van der Waals surface area contributed by atoms with Gasteiger partial charge < -0.3 is 10.4 Å². The lowest BCUT2D eigenvalue weighted by Crippen LogP contribution is -2.29. The lowest BCUT2D eigenvalue weighted by molar-refractivity contribution is 0.170. The Hall–Kier alpha value is -1.65. The van der Waals surface area contributed by atoms with Gasteiger partial charge in [0.25, 0.3) is 0 Å². The molecule has 2 unspecified atom stereocenters. The first-order valence-electron chi connectivity index (χ1n) is 7.08. The Balaban J connectivity index is 2.10. The van der Waals surface area contributed by atoms with Gasteiger partial charge in [0.05, 0.1) is 18.0 Å². The number of aryl methyl sites for hydroxylation is 1. The second kappa shape index (κ2) is 6.68. The van der Waals surface area contributed by atoms with Crippen LogP contribution in [0.1, 0.15) is 31.8 Å². The number of para-hydroxylation sites is 1. The van der Waals surface area contributed by atoms with E-state index < -0.39 is 0 Å². The smallest absolute Gasteiger partial charge is 0.110 e. The van der Waals surface area contributed by atoms with Crippen LogP contribution >= 0.6 is 0 Å². The molecule has 0 aliphatic rings. The van der Waals surface area contributed by atoms with Crippen molar-refractivity contribution in [2.75, 3.05) is 0 Å². The summed E-state index contributed by atoms with van der Waals surface area (Å²) < 4.78 is 2.15. The summed E-state index contributed by atoms with van der Waals surface area (Å²) in [6.45, 7) is 6.65. The molecule has 0 radical (unpaired) electrons. The summed E-state index contributed by atoms with van der Waals surface area (Å²) in [6.07, 6.45) is 2.38. The molecule has 108 valence electrons. The van der Waals surface area contributed by atoms with Gasteiger partial charge in [-0.25, -0.2) is 4.98 Å². The van der Waals surface area contributed by atoms with Crippen molar-refractivity contribution in [2.45, 2.75) is 45.9 Å². The molecule has 0 spiro atoms. The minimum atomic E-state index is -0.279. The van der Waals surface area contributed by atoms with Gasteiger partial charge in [-0.2, -0.15) is 0 Å². The van der Waals surface area contributed by atoms with E-state index in [-0.39, 0.29) is 12.1 Å². The molecule has 0 amide bonds. The van der Waals surface area contributed by atoms with Gasteiger partial charge in [-0.05, 0) is 39.3 Å². The molecule has 2 aromatic rings. The average Bonchev–Trinajstić information content (AvgIpc) is 2.78. The largest absolute Gasteiger partial charge is 0.393 e. The Morgan fingerprint density at radius 3 is 2.60 bits per heavy atom. The zero-order valence-electron chi connectivity index (χ0n) is 12.4. The maximum atomic E-state index is 9.40. The second-order valence-corrected chi connectivity index (χ2v) is 5.33. The van der Waals surface area contributed by atoms with Gasteiger partial charge in [-0.3, -0.25) is 4.57 Å². The summed E-state index contributed by atoms with van der Waals surface area (Å²) in [5.74, 6) is 0.983. The molecule has 4 heteroatoms. The molecule has 2 atom stereocenters. The summed E-state index contributed by atoms with van der Waals surface area (Å²) in [5, 5.41) is 12.8. The zero-order valence-corrected chi connectivity index (χ0v) is 12.4. The van der Waals surface area contributed by atoms with E-state index in [2.05, 4.69) is 33.9 Å². The standard InChI is InChI=1S/C16H23N3O/c1-12(9-13(2)20)17-10-16-11-18-14(3)19(16)15-7-5-4-6-8-15/h4-8,11-13,17,20H,9-10H2,1-3H3. The van der Waals surface area contributed by atoms with Gasteiger partial charge in [0.15, 0.2) is 0 Å². The Kier molecular flexibility index (Phi) is 4.93. The van der Waals surface area contributed by atoms with Crippen molar-refractivity contribution in [3.8, 4) is 5.69 Å². The summed E-state index contributed by atoms with van der Waals surface area (Å²) in [6, 6.07) is 10.5. The highest BCUT2D eigenvalue weighted by molar-refractivity contribution is 5.35. The highest BCUT2D eigenvalue weighted by Gasteiger charge is 2.10. The van der Waals surface area contributed by atoms with Crippen molar-refractivity contribution in [1.82, 2.24) is 14.9 Å². The molecule has 0 bridgehead atoms. The Morgan fingerprint density at radius 1 is 1.25 bits per heavy atom. The number of hydrogen-bond acceptors (Lipinski definition) is 3. The lowest BCUT2D eigenvalue weighted by Gasteiger charge is -2.16. The van der Waals surface area contributed by atoms with E-state index in [0.29, 0.717) is 0 Å². The van der Waals surface area contributed by atoms with Gasteiger partial charge >= 0.3 is 0 Å². The molecule has 1 heterocycles. The number of nitrogens with zero attached hydrogens (tertiary/aromatic N) is 2. The Bertz CT molecular complexity index is 534. The predicted octanol–water partition coefficient (Wildman–Crippen LogP) is 2.43. The van der Waals surface area contributed by atoms with Crippen LogP contribution in [-0.4, -0.2) is 26.8 Å². The van der Waals surface area contributed by atoms with Crippen LogP contribution in [0.25, 0.3) is 5.69 Å². The SMILES string of the molecule is Cc1ncc(CNC(C)CC(C)O)n1-c1ccccc1. The topological polar surface area (TPSA) is 50.1 Å². The number of rotatable bonds is 6. The number of aliphatic hydroxyl groups is 1. The van der Waals surface area contributed by atoms with Crippen LogP contribution in [-0.2, 0) is 6.54 Å². The first kappa shape index (κ1) is 14.8. The van der Waals surface area contributed by atoms with Crippen LogP contribution in [0.2, 0.25) is 0 Å². The molecule has 4 nitrogen and oxygen atoms in total. The summed E-state index contributed by atoms with van der Waals surface area (Å²) in [4.78, 5) is 4.41. The maximum absolute atomic E-state index is 9.40. The summed E-state index contributed by atoms with van der Waals surface area (Å²) >= 11 is 0. The van der Waals surface area contributed by atoms with E-state index in [0.717, 1.165) is 30.2 Å².